The molecule has 1 aromatic rings. The number of ether oxygens (including phenoxy) is 4. The summed E-state index contributed by atoms with van der Waals surface area (Å²) < 4.78 is 20.9. The summed E-state index contributed by atoms with van der Waals surface area (Å²) in [6.45, 7) is 2.72. The Morgan fingerprint density at radius 1 is 1.19 bits per heavy atom. The van der Waals surface area contributed by atoms with Crippen molar-refractivity contribution in [3.8, 4) is 17.2 Å². The standard InChI is InChI=1S/C18H26N2O6/c1-11(10-23-2)20-9-12(6-16(20)21)18(22)19-13-7-14(24-3)17(26-5)15(8-13)25-4/h7-8,11-12H,6,9-10H2,1-5H3,(H,19,22). The summed E-state index contributed by atoms with van der Waals surface area (Å²) >= 11 is 0. The fourth-order valence-electron chi connectivity index (χ4n) is 3.06. The van der Waals surface area contributed by atoms with Gasteiger partial charge in [0.25, 0.3) is 0 Å². The number of likely N-dealkylation sites (tertiary alicyclic amines) is 1. The molecule has 26 heavy (non-hydrogen) atoms. The minimum atomic E-state index is -0.416. The number of rotatable bonds is 8. The number of nitrogens with zero attached hydrogens (tertiary/aromatic N) is 1. The van der Waals surface area contributed by atoms with Crippen LogP contribution in [-0.4, -0.2) is 64.3 Å². The first-order valence-corrected chi connectivity index (χ1v) is 8.34. The van der Waals surface area contributed by atoms with Gasteiger partial charge in [0.15, 0.2) is 11.5 Å². The monoisotopic (exact) mass is 366 g/mol. The predicted octanol–water partition coefficient (Wildman–Crippen LogP) is 1.53. The van der Waals surface area contributed by atoms with Crippen molar-refractivity contribution in [1.29, 1.82) is 0 Å². The second kappa shape index (κ2) is 8.75. The molecule has 2 amide bonds. The normalized spacial score (nSPS) is 17.8. The van der Waals surface area contributed by atoms with Crippen molar-refractivity contribution in [2.75, 3.05) is 46.9 Å². The van der Waals surface area contributed by atoms with Gasteiger partial charge in [0.1, 0.15) is 0 Å². The molecule has 0 radical (unpaired) electrons. The second-order valence-electron chi connectivity index (χ2n) is 6.15. The minimum absolute atomic E-state index is 0.0420. The van der Waals surface area contributed by atoms with E-state index in [1.807, 2.05) is 6.92 Å². The fourth-order valence-corrected chi connectivity index (χ4v) is 3.06. The van der Waals surface area contributed by atoms with Crippen LogP contribution >= 0.6 is 0 Å². The molecule has 2 atom stereocenters. The molecule has 0 aliphatic carbocycles. The molecule has 1 N–H and O–H groups in total. The van der Waals surface area contributed by atoms with E-state index in [9.17, 15) is 9.59 Å². The van der Waals surface area contributed by atoms with Crippen molar-refractivity contribution in [2.45, 2.75) is 19.4 Å². The summed E-state index contributed by atoms with van der Waals surface area (Å²) in [5.41, 5.74) is 0.514. The molecule has 1 aliphatic heterocycles. The number of carbonyl (C=O) groups excluding carboxylic acids is 2. The zero-order valence-corrected chi connectivity index (χ0v) is 15.8. The highest BCUT2D eigenvalue weighted by Crippen LogP contribution is 2.40. The smallest absolute Gasteiger partial charge is 0.229 e. The highest BCUT2D eigenvalue weighted by atomic mass is 16.5. The Hall–Kier alpha value is -2.48. The molecule has 0 bridgehead atoms. The quantitative estimate of drug-likeness (QED) is 0.751. The van der Waals surface area contributed by atoms with Gasteiger partial charge < -0.3 is 29.2 Å². The lowest BCUT2D eigenvalue weighted by molar-refractivity contribution is -0.130. The van der Waals surface area contributed by atoms with Gasteiger partial charge in [-0.3, -0.25) is 9.59 Å². The Labute approximate surface area is 153 Å². The third-order valence-electron chi connectivity index (χ3n) is 4.40. The zero-order chi connectivity index (χ0) is 19.3. The van der Waals surface area contributed by atoms with Gasteiger partial charge in [-0.2, -0.15) is 0 Å². The maximum absolute atomic E-state index is 12.6. The first kappa shape index (κ1) is 19.8. The summed E-state index contributed by atoms with van der Waals surface area (Å²) in [4.78, 5) is 26.5. The number of carbonyl (C=O) groups is 2. The van der Waals surface area contributed by atoms with E-state index in [-0.39, 0.29) is 24.3 Å². The number of hydrogen-bond acceptors (Lipinski definition) is 6. The van der Waals surface area contributed by atoms with Gasteiger partial charge in [0, 0.05) is 37.9 Å². The van der Waals surface area contributed by atoms with Crippen LogP contribution in [0.1, 0.15) is 13.3 Å². The average molecular weight is 366 g/mol. The summed E-state index contributed by atoms with van der Waals surface area (Å²) in [5.74, 6) is 0.656. The lowest BCUT2D eigenvalue weighted by atomic mass is 10.1. The highest BCUT2D eigenvalue weighted by Gasteiger charge is 2.36. The number of benzene rings is 1. The molecule has 8 heteroatoms. The Morgan fingerprint density at radius 3 is 2.31 bits per heavy atom. The largest absolute Gasteiger partial charge is 0.493 e. The SMILES string of the molecule is COCC(C)N1CC(C(=O)Nc2cc(OC)c(OC)c(OC)c2)CC1=O. The molecule has 144 valence electrons. The van der Waals surface area contributed by atoms with Crippen LogP contribution in [0.3, 0.4) is 0 Å². The van der Waals surface area contributed by atoms with Crippen LogP contribution in [0.2, 0.25) is 0 Å². The highest BCUT2D eigenvalue weighted by molar-refractivity contribution is 5.97. The van der Waals surface area contributed by atoms with Crippen LogP contribution in [0.4, 0.5) is 5.69 Å². The number of anilines is 1. The van der Waals surface area contributed by atoms with Gasteiger partial charge >= 0.3 is 0 Å². The molecule has 2 unspecified atom stereocenters. The zero-order valence-electron chi connectivity index (χ0n) is 15.8. The number of hydrogen-bond donors (Lipinski definition) is 1. The van der Waals surface area contributed by atoms with Crippen LogP contribution in [0.15, 0.2) is 12.1 Å². The van der Waals surface area contributed by atoms with Gasteiger partial charge in [0.2, 0.25) is 17.6 Å². The van der Waals surface area contributed by atoms with Gasteiger partial charge in [-0.25, -0.2) is 0 Å². The van der Waals surface area contributed by atoms with Crippen LogP contribution < -0.4 is 19.5 Å². The molecule has 1 aromatic carbocycles. The first-order valence-electron chi connectivity index (χ1n) is 8.34. The van der Waals surface area contributed by atoms with Crippen LogP contribution in [0, 0.1) is 5.92 Å². The topological polar surface area (TPSA) is 86.3 Å². The van der Waals surface area contributed by atoms with Crippen molar-refractivity contribution in [3.63, 3.8) is 0 Å². The summed E-state index contributed by atoms with van der Waals surface area (Å²) in [7, 11) is 6.12. The lowest BCUT2D eigenvalue weighted by Crippen LogP contribution is -2.38. The van der Waals surface area contributed by atoms with E-state index >= 15 is 0 Å². The van der Waals surface area contributed by atoms with Crippen molar-refractivity contribution >= 4 is 17.5 Å². The predicted molar refractivity (Wildman–Crippen MR) is 95.9 cm³/mol. The number of amides is 2. The third kappa shape index (κ3) is 4.19. The molecule has 0 spiro atoms. The number of methoxy groups -OCH3 is 4. The second-order valence-corrected chi connectivity index (χ2v) is 6.15. The van der Waals surface area contributed by atoms with Crippen LogP contribution in [-0.2, 0) is 14.3 Å². The molecule has 1 heterocycles. The van der Waals surface area contributed by atoms with Gasteiger partial charge in [-0.1, -0.05) is 0 Å². The molecule has 8 nitrogen and oxygen atoms in total. The molecule has 1 fully saturated rings. The van der Waals surface area contributed by atoms with E-state index < -0.39 is 5.92 Å². The Morgan fingerprint density at radius 2 is 1.81 bits per heavy atom. The van der Waals surface area contributed by atoms with E-state index in [1.54, 1.807) is 24.1 Å². The fraction of sp³-hybridized carbons (Fsp3) is 0.556. The van der Waals surface area contributed by atoms with E-state index in [0.717, 1.165) is 0 Å². The molecule has 2 rings (SSSR count). The molecular weight excluding hydrogens is 340 g/mol. The van der Waals surface area contributed by atoms with Crippen LogP contribution in [0.25, 0.3) is 0 Å². The van der Waals surface area contributed by atoms with Gasteiger partial charge in [-0.15, -0.1) is 0 Å². The van der Waals surface area contributed by atoms with E-state index in [2.05, 4.69) is 5.32 Å². The van der Waals surface area contributed by atoms with E-state index in [0.29, 0.717) is 36.1 Å². The Bertz CT molecular complexity index is 638. The maximum Gasteiger partial charge on any atom is 0.229 e. The Balaban J connectivity index is 2.12. The third-order valence-corrected chi connectivity index (χ3v) is 4.40. The van der Waals surface area contributed by atoms with Crippen molar-refractivity contribution < 1.29 is 28.5 Å². The minimum Gasteiger partial charge on any atom is -0.493 e. The van der Waals surface area contributed by atoms with E-state index in [4.69, 9.17) is 18.9 Å². The summed E-state index contributed by atoms with van der Waals surface area (Å²) in [5, 5.41) is 2.83. The van der Waals surface area contributed by atoms with Crippen LogP contribution in [0.5, 0.6) is 17.2 Å². The summed E-state index contributed by atoms with van der Waals surface area (Å²) in [6, 6.07) is 3.24. The van der Waals surface area contributed by atoms with Gasteiger partial charge in [-0.05, 0) is 6.92 Å². The average Bonchev–Trinajstić information content (AvgIpc) is 3.03. The van der Waals surface area contributed by atoms with Crippen molar-refractivity contribution in [1.82, 2.24) is 4.90 Å². The lowest BCUT2D eigenvalue weighted by Gasteiger charge is -2.24. The number of nitrogens with one attached hydrogen (secondary N) is 1. The Kier molecular flexibility index (Phi) is 6.68. The molecule has 0 aromatic heterocycles. The van der Waals surface area contributed by atoms with Crippen molar-refractivity contribution in [3.05, 3.63) is 12.1 Å². The molecular formula is C18H26N2O6. The van der Waals surface area contributed by atoms with Gasteiger partial charge in [0.05, 0.1) is 39.9 Å². The van der Waals surface area contributed by atoms with Crippen molar-refractivity contribution in [2.24, 2.45) is 5.92 Å². The molecule has 1 aliphatic rings. The molecule has 1 saturated heterocycles. The summed E-state index contributed by atoms with van der Waals surface area (Å²) in [6.07, 6.45) is 0.185. The molecule has 0 saturated carbocycles. The first-order chi connectivity index (χ1) is 12.4. The van der Waals surface area contributed by atoms with E-state index in [1.165, 1.54) is 21.3 Å². The maximum atomic E-state index is 12.6.